The molecule has 0 amide bonds. The smallest absolute Gasteiger partial charge is 0.319 e. The summed E-state index contributed by atoms with van der Waals surface area (Å²) < 4.78 is -0.924. The molecule has 2 aromatic heterocycles. The Bertz CT molecular complexity index is 878. The van der Waals surface area contributed by atoms with E-state index < -0.39 is 10.7 Å². The summed E-state index contributed by atoms with van der Waals surface area (Å²) in [6, 6.07) is 11.8. The van der Waals surface area contributed by atoms with Crippen molar-refractivity contribution < 1.29 is 9.90 Å². The number of carboxylic acids is 1. The molecule has 0 atom stereocenters. The standard InChI is InChI=1S/C18H16N2O2S/c1-18(2,17(21)22)23-16-7-8-19-11-14(16)15-9-12-5-3-4-6-13(12)10-20-15/h3-11H,1-2H3,(H,21,22). The summed E-state index contributed by atoms with van der Waals surface area (Å²) in [5.74, 6) is -0.850. The van der Waals surface area contributed by atoms with Crippen LogP contribution in [0, 0.1) is 0 Å². The molecular formula is C18H16N2O2S. The van der Waals surface area contributed by atoms with Crippen LogP contribution in [0.15, 0.2) is 59.9 Å². The van der Waals surface area contributed by atoms with E-state index in [1.807, 2.05) is 42.6 Å². The first-order valence-corrected chi connectivity index (χ1v) is 8.00. The van der Waals surface area contributed by atoms with Crippen LogP contribution >= 0.6 is 11.8 Å². The second kappa shape index (κ2) is 6.01. The molecule has 3 rings (SSSR count). The summed E-state index contributed by atoms with van der Waals surface area (Å²) in [6.07, 6.45) is 5.23. The number of fused-ring (bicyclic) bond motifs is 1. The first-order valence-electron chi connectivity index (χ1n) is 7.19. The number of rotatable bonds is 4. The number of hydrogen-bond donors (Lipinski definition) is 1. The molecule has 0 bridgehead atoms. The van der Waals surface area contributed by atoms with Crippen molar-refractivity contribution in [2.75, 3.05) is 0 Å². The van der Waals surface area contributed by atoms with Crippen molar-refractivity contribution in [3.05, 3.63) is 55.0 Å². The maximum atomic E-state index is 11.4. The molecular weight excluding hydrogens is 308 g/mol. The third kappa shape index (κ3) is 3.19. The van der Waals surface area contributed by atoms with E-state index in [2.05, 4.69) is 9.97 Å². The zero-order valence-electron chi connectivity index (χ0n) is 12.9. The number of carbonyl (C=O) groups is 1. The van der Waals surface area contributed by atoms with Gasteiger partial charge in [-0.1, -0.05) is 24.3 Å². The molecule has 1 N–H and O–H groups in total. The van der Waals surface area contributed by atoms with E-state index in [4.69, 9.17) is 0 Å². The van der Waals surface area contributed by atoms with E-state index >= 15 is 0 Å². The first kappa shape index (κ1) is 15.5. The fourth-order valence-electron chi connectivity index (χ4n) is 2.21. The summed E-state index contributed by atoms with van der Waals surface area (Å²) in [6.45, 7) is 3.38. The molecule has 5 heteroatoms. The van der Waals surface area contributed by atoms with Gasteiger partial charge in [0.1, 0.15) is 4.75 Å². The molecule has 0 spiro atoms. The number of benzene rings is 1. The molecule has 3 aromatic rings. The zero-order valence-corrected chi connectivity index (χ0v) is 13.7. The van der Waals surface area contributed by atoms with Gasteiger partial charge in [0, 0.05) is 34.4 Å². The Morgan fingerprint density at radius 1 is 1.13 bits per heavy atom. The van der Waals surface area contributed by atoms with Crippen LogP contribution in [0.2, 0.25) is 0 Å². The van der Waals surface area contributed by atoms with Gasteiger partial charge in [-0.25, -0.2) is 0 Å². The lowest BCUT2D eigenvalue weighted by molar-refractivity contribution is -0.138. The summed E-state index contributed by atoms with van der Waals surface area (Å²) in [5.41, 5.74) is 1.64. The van der Waals surface area contributed by atoms with Gasteiger partial charge in [-0.15, -0.1) is 11.8 Å². The maximum Gasteiger partial charge on any atom is 0.319 e. The van der Waals surface area contributed by atoms with Gasteiger partial charge in [0.05, 0.1) is 5.69 Å². The molecule has 0 aliphatic heterocycles. The monoisotopic (exact) mass is 324 g/mol. The van der Waals surface area contributed by atoms with Gasteiger partial charge in [0.2, 0.25) is 0 Å². The summed E-state index contributed by atoms with van der Waals surface area (Å²) >= 11 is 1.30. The third-order valence-corrected chi connectivity index (χ3v) is 4.83. The molecule has 0 aliphatic rings. The Hall–Kier alpha value is -2.40. The van der Waals surface area contributed by atoms with Gasteiger partial charge >= 0.3 is 5.97 Å². The molecule has 0 saturated heterocycles. The Morgan fingerprint density at radius 3 is 2.61 bits per heavy atom. The van der Waals surface area contributed by atoms with Crippen molar-refractivity contribution in [3.8, 4) is 11.3 Å². The lowest BCUT2D eigenvalue weighted by atomic mass is 10.1. The van der Waals surface area contributed by atoms with Crippen LogP contribution in [0.4, 0.5) is 0 Å². The SMILES string of the molecule is CC(C)(Sc1ccncc1-c1cc2ccccc2cn1)C(=O)O. The van der Waals surface area contributed by atoms with E-state index in [0.29, 0.717) is 0 Å². The quantitative estimate of drug-likeness (QED) is 0.727. The number of aromatic nitrogens is 2. The maximum absolute atomic E-state index is 11.4. The Morgan fingerprint density at radius 2 is 1.87 bits per heavy atom. The van der Waals surface area contributed by atoms with Crippen LogP contribution < -0.4 is 0 Å². The van der Waals surface area contributed by atoms with Gasteiger partial charge in [-0.05, 0) is 31.4 Å². The Kier molecular flexibility index (Phi) is 4.05. The first-order chi connectivity index (χ1) is 11.0. The van der Waals surface area contributed by atoms with E-state index in [1.165, 1.54) is 11.8 Å². The van der Waals surface area contributed by atoms with Crippen LogP contribution in [0.3, 0.4) is 0 Å². The summed E-state index contributed by atoms with van der Waals surface area (Å²) in [5, 5.41) is 11.5. The van der Waals surface area contributed by atoms with Gasteiger partial charge in [-0.3, -0.25) is 14.8 Å². The second-order valence-corrected chi connectivity index (χ2v) is 7.37. The second-order valence-electron chi connectivity index (χ2n) is 5.71. The summed E-state index contributed by atoms with van der Waals surface area (Å²) in [7, 11) is 0. The van der Waals surface area contributed by atoms with Crippen molar-refractivity contribution in [1.29, 1.82) is 0 Å². The van der Waals surface area contributed by atoms with Gasteiger partial charge in [-0.2, -0.15) is 0 Å². The van der Waals surface area contributed by atoms with Crippen molar-refractivity contribution in [2.24, 2.45) is 0 Å². The molecule has 2 heterocycles. The highest BCUT2D eigenvalue weighted by Gasteiger charge is 2.29. The van der Waals surface area contributed by atoms with Crippen molar-refractivity contribution in [2.45, 2.75) is 23.5 Å². The van der Waals surface area contributed by atoms with Crippen LogP contribution in [0.1, 0.15) is 13.8 Å². The van der Waals surface area contributed by atoms with Crippen LogP contribution in [-0.4, -0.2) is 25.8 Å². The van der Waals surface area contributed by atoms with Crippen LogP contribution in [0.25, 0.3) is 22.0 Å². The number of hydrogen-bond acceptors (Lipinski definition) is 4. The van der Waals surface area contributed by atoms with Crippen molar-refractivity contribution in [3.63, 3.8) is 0 Å². The molecule has 0 fully saturated rings. The number of nitrogens with zero attached hydrogens (tertiary/aromatic N) is 2. The summed E-state index contributed by atoms with van der Waals surface area (Å²) in [4.78, 5) is 20.9. The predicted molar refractivity (Wildman–Crippen MR) is 92.5 cm³/mol. The molecule has 0 aliphatic carbocycles. The van der Waals surface area contributed by atoms with E-state index in [0.717, 1.165) is 26.9 Å². The van der Waals surface area contributed by atoms with E-state index in [9.17, 15) is 9.90 Å². The molecule has 116 valence electrons. The zero-order chi connectivity index (χ0) is 16.4. The predicted octanol–water partition coefficient (Wildman–Crippen LogP) is 4.25. The Balaban J connectivity index is 2.07. The highest BCUT2D eigenvalue weighted by atomic mass is 32.2. The number of aliphatic carboxylic acids is 1. The average molecular weight is 324 g/mol. The highest BCUT2D eigenvalue weighted by molar-refractivity contribution is 8.01. The molecule has 0 unspecified atom stereocenters. The minimum Gasteiger partial charge on any atom is -0.480 e. The largest absolute Gasteiger partial charge is 0.480 e. The van der Waals surface area contributed by atoms with E-state index in [1.54, 1.807) is 26.2 Å². The molecule has 0 radical (unpaired) electrons. The van der Waals surface area contributed by atoms with Crippen LogP contribution in [0.5, 0.6) is 0 Å². The number of thioether (sulfide) groups is 1. The Labute approximate surface area is 138 Å². The minimum absolute atomic E-state index is 0.792. The minimum atomic E-state index is -0.924. The van der Waals surface area contributed by atoms with Gasteiger partial charge < -0.3 is 5.11 Å². The fourth-order valence-corrected chi connectivity index (χ4v) is 3.25. The number of pyridine rings is 2. The lowest BCUT2D eigenvalue weighted by Crippen LogP contribution is -2.27. The van der Waals surface area contributed by atoms with Crippen molar-refractivity contribution in [1.82, 2.24) is 9.97 Å². The third-order valence-electron chi connectivity index (χ3n) is 3.57. The van der Waals surface area contributed by atoms with Crippen LogP contribution in [-0.2, 0) is 4.79 Å². The normalized spacial score (nSPS) is 11.6. The fraction of sp³-hybridized carbons (Fsp3) is 0.167. The van der Waals surface area contributed by atoms with E-state index in [-0.39, 0.29) is 0 Å². The molecule has 4 nitrogen and oxygen atoms in total. The molecule has 23 heavy (non-hydrogen) atoms. The van der Waals surface area contributed by atoms with Gasteiger partial charge in [0.15, 0.2) is 0 Å². The average Bonchev–Trinajstić information content (AvgIpc) is 2.54. The highest BCUT2D eigenvalue weighted by Crippen LogP contribution is 2.38. The van der Waals surface area contributed by atoms with Gasteiger partial charge in [0.25, 0.3) is 0 Å². The van der Waals surface area contributed by atoms with Crippen molar-refractivity contribution >= 4 is 28.5 Å². The molecule has 0 saturated carbocycles. The number of carboxylic acid groups (broad SMARTS) is 1. The topological polar surface area (TPSA) is 63.1 Å². The molecule has 1 aromatic carbocycles. The lowest BCUT2D eigenvalue weighted by Gasteiger charge is -2.20.